The Balaban J connectivity index is 2.03. The highest BCUT2D eigenvalue weighted by atomic mass is 16.5. The minimum Gasteiger partial charge on any atom is -0.465 e. The predicted molar refractivity (Wildman–Crippen MR) is 76.8 cm³/mol. The fourth-order valence-electron chi connectivity index (χ4n) is 2.55. The molecule has 5 heteroatoms. The second-order valence-electron chi connectivity index (χ2n) is 5.62. The van der Waals surface area contributed by atoms with Crippen LogP contribution in [0.1, 0.15) is 37.6 Å². The summed E-state index contributed by atoms with van der Waals surface area (Å²) in [5.74, 6) is 0.344. The third-order valence-electron chi connectivity index (χ3n) is 4.05. The molecular formula is C15H22N2O3. The lowest BCUT2D eigenvalue weighted by Crippen LogP contribution is -2.58. The van der Waals surface area contributed by atoms with E-state index in [2.05, 4.69) is 24.1 Å². The molecule has 1 aromatic rings. The van der Waals surface area contributed by atoms with E-state index in [1.165, 1.54) is 7.11 Å². The number of ether oxygens (including phenoxy) is 2. The fourth-order valence-corrected chi connectivity index (χ4v) is 2.55. The normalized spacial score (nSPS) is 23.8. The zero-order valence-electron chi connectivity index (χ0n) is 12.5. The van der Waals surface area contributed by atoms with E-state index in [1.54, 1.807) is 18.3 Å². The zero-order valence-corrected chi connectivity index (χ0v) is 12.5. The Bertz CT molecular complexity index is 488. The molecule has 2 atom stereocenters. The topological polar surface area (TPSA) is 60.5 Å². The number of aromatic nitrogens is 1. The maximum atomic E-state index is 11.5. The van der Waals surface area contributed by atoms with Crippen molar-refractivity contribution in [3.05, 3.63) is 23.9 Å². The van der Waals surface area contributed by atoms with Gasteiger partial charge in [0.25, 0.3) is 0 Å². The van der Waals surface area contributed by atoms with E-state index in [1.807, 2.05) is 6.92 Å². The number of nitrogens with zero attached hydrogens (tertiary/aromatic N) is 1. The molecule has 5 nitrogen and oxygen atoms in total. The molecule has 1 aromatic heterocycles. The number of nitrogens with one attached hydrogen (secondary N) is 1. The second kappa shape index (κ2) is 5.79. The van der Waals surface area contributed by atoms with Crippen molar-refractivity contribution in [3.63, 3.8) is 0 Å². The number of carbonyl (C=O) groups excluding carboxylic acids is 1. The van der Waals surface area contributed by atoms with E-state index in [0.717, 1.165) is 13.0 Å². The Labute approximate surface area is 119 Å². The molecule has 20 heavy (non-hydrogen) atoms. The molecule has 2 rings (SSSR count). The summed E-state index contributed by atoms with van der Waals surface area (Å²) in [6.07, 6.45) is 2.83. The molecule has 110 valence electrons. The van der Waals surface area contributed by atoms with Crippen LogP contribution in [-0.2, 0) is 9.47 Å². The van der Waals surface area contributed by atoms with Crippen molar-refractivity contribution in [2.24, 2.45) is 5.41 Å². The SMILES string of the molecule is CCOC1CC(Nc2cc(C(=O)OC)ccn2)C1(C)C. The van der Waals surface area contributed by atoms with Gasteiger partial charge in [-0.2, -0.15) is 0 Å². The van der Waals surface area contributed by atoms with E-state index in [-0.39, 0.29) is 17.5 Å². The summed E-state index contributed by atoms with van der Waals surface area (Å²) in [5, 5.41) is 3.38. The van der Waals surface area contributed by atoms with Crippen molar-refractivity contribution >= 4 is 11.8 Å². The fraction of sp³-hybridized carbons (Fsp3) is 0.600. The van der Waals surface area contributed by atoms with Crippen LogP contribution in [0.5, 0.6) is 0 Å². The first-order chi connectivity index (χ1) is 9.48. The number of hydrogen-bond donors (Lipinski definition) is 1. The van der Waals surface area contributed by atoms with Gasteiger partial charge in [0.05, 0.1) is 18.8 Å². The van der Waals surface area contributed by atoms with Gasteiger partial charge >= 0.3 is 5.97 Å². The quantitative estimate of drug-likeness (QED) is 0.838. The lowest BCUT2D eigenvalue weighted by Gasteiger charge is -2.51. The molecule has 0 aliphatic heterocycles. The summed E-state index contributed by atoms with van der Waals surface area (Å²) in [4.78, 5) is 15.8. The van der Waals surface area contributed by atoms with Gasteiger partial charge in [-0.25, -0.2) is 9.78 Å². The Kier molecular flexibility index (Phi) is 4.28. The number of rotatable bonds is 5. The van der Waals surface area contributed by atoms with Gasteiger partial charge in [-0.3, -0.25) is 0 Å². The van der Waals surface area contributed by atoms with Gasteiger partial charge in [-0.15, -0.1) is 0 Å². The molecule has 0 saturated heterocycles. The summed E-state index contributed by atoms with van der Waals surface area (Å²) in [7, 11) is 1.37. The van der Waals surface area contributed by atoms with Crippen molar-refractivity contribution in [2.75, 3.05) is 19.0 Å². The van der Waals surface area contributed by atoms with E-state index >= 15 is 0 Å². The smallest absolute Gasteiger partial charge is 0.338 e. The highest BCUT2D eigenvalue weighted by Crippen LogP contribution is 2.44. The first-order valence-electron chi connectivity index (χ1n) is 6.91. The third kappa shape index (κ3) is 2.77. The summed E-state index contributed by atoms with van der Waals surface area (Å²) in [6, 6.07) is 3.65. The molecule has 0 aromatic carbocycles. The van der Waals surface area contributed by atoms with E-state index in [9.17, 15) is 4.79 Å². The highest BCUT2D eigenvalue weighted by molar-refractivity contribution is 5.90. The summed E-state index contributed by atoms with van der Waals surface area (Å²) >= 11 is 0. The van der Waals surface area contributed by atoms with Crippen LogP contribution in [0.15, 0.2) is 18.3 Å². The number of pyridine rings is 1. The number of esters is 1. The first-order valence-corrected chi connectivity index (χ1v) is 6.91. The van der Waals surface area contributed by atoms with Gasteiger partial charge in [-0.1, -0.05) is 13.8 Å². The molecule has 1 N–H and O–H groups in total. The molecule has 0 bridgehead atoms. The van der Waals surface area contributed by atoms with Crippen LogP contribution in [0.2, 0.25) is 0 Å². The molecule has 1 aliphatic rings. The third-order valence-corrected chi connectivity index (χ3v) is 4.05. The lowest BCUT2D eigenvalue weighted by atomic mass is 9.64. The predicted octanol–water partition coefficient (Wildman–Crippen LogP) is 2.48. The maximum Gasteiger partial charge on any atom is 0.338 e. The number of methoxy groups -OCH3 is 1. The van der Waals surface area contributed by atoms with Crippen LogP contribution in [0, 0.1) is 5.41 Å². The van der Waals surface area contributed by atoms with Gasteiger partial charge < -0.3 is 14.8 Å². The van der Waals surface area contributed by atoms with Crippen LogP contribution in [0.3, 0.4) is 0 Å². The van der Waals surface area contributed by atoms with Crippen molar-refractivity contribution in [1.29, 1.82) is 0 Å². The van der Waals surface area contributed by atoms with Crippen LogP contribution < -0.4 is 5.32 Å². The van der Waals surface area contributed by atoms with Crippen molar-refractivity contribution in [3.8, 4) is 0 Å². The Morgan fingerprint density at radius 1 is 1.55 bits per heavy atom. The Morgan fingerprint density at radius 2 is 2.30 bits per heavy atom. The van der Waals surface area contributed by atoms with Gasteiger partial charge in [-0.05, 0) is 25.5 Å². The monoisotopic (exact) mass is 278 g/mol. The van der Waals surface area contributed by atoms with Crippen molar-refractivity contribution in [1.82, 2.24) is 4.98 Å². The summed E-state index contributed by atoms with van der Waals surface area (Å²) in [6.45, 7) is 7.10. The minimum atomic E-state index is -0.351. The maximum absolute atomic E-state index is 11.5. The summed E-state index contributed by atoms with van der Waals surface area (Å²) in [5.41, 5.74) is 0.558. The van der Waals surface area contributed by atoms with E-state index < -0.39 is 0 Å². The average Bonchev–Trinajstić information content (AvgIpc) is 2.45. The van der Waals surface area contributed by atoms with Gasteiger partial charge in [0.1, 0.15) is 5.82 Å². The van der Waals surface area contributed by atoms with Crippen LogP contribution in [0.25, 0.3) is 0 Å². The minimum absolute atomic E-state index is 0.0545. The highest BCUT2D eigenvalue weighted by Gasteiger charge is 2.49. The first kappa shape index (κ1) is 14.8. The molecule has 1 heterocycles. The zero-order chi connectivity index (χ0) is 14.8. The van der Waals surface area contributed by atoms with Crippen LogP contribution in [-0.4, -0.2) is 36.8 Å². The Morgan fingerprint density at radius 3 is 2.90 bits per heavy atom. The van der Waals surface area contributed by atoms with E-state index in [4.69, 9.17) is 9.47 Å². The van der Waals surface area contributed by atoms with Gasteiger partial charge in [0.2, 0.25) is 0 Å². The van der Waals surface area contributed by atoms with Gasteiger partial charge in [0.15, 0.2) is 0 Å². The molecular weight excluding hydrogens is 256 g/mol. The van der Waals surface area contributed by atoms with E-state index in [0.29, 0.717) is 17.4 Å². The van der Waals surface area contributed by atoms with Crippen LogP contribution >= 0.6 is 0 Å². The molecule has 0 amide bonds. The number of carbonyl (C=O) groups is 1. The average molecular weight is 278 g/mol. The van der Waals surface area contributed by atoms with Gasteiger partial charge in [0, 0.05) is 24.3 Å². The standard InChI is InChI=1S/C15H22N2O3/c1-5-20-12-9-11(15(12,2)3)17-13-8-10(6-7-16-13)14(18)19-4/h6-8,11-12H,5,9H2,1-4H3,(H,16,17). The molecule has 1 fully saturated rings. The second-order valence-corrected chi connectivity index (χ2v) is 5.62. The molecule has 1 aliphatic carbocycles. The largest absolute Gasteiger partial charge is 0.465 e. The molecule has 1 saturated carbocycles. The lowest BCUT2D eigenvalue weighted by molar-refractivity contribution is -0.0976. The van der Waals surface area contributed by atoms with Crippen LogP contribution in [0.4, 0.5) is 5.82 Å². The molecule has 0 radical (unpaired) electrons. The summed E-state index contributed by atoms with van der Waals surface area (Å²) < 4.78 is 10.4. The number of hydrogen-bond acceptors (Lipinski definition) is 5. The van der Waals surface area contributed by atoms with Crippen molar-refractivity contribution < 1.29 is 14.3 Å². The van der Waals surface area contributed by atoms with Crippen molar-refractivity contribution in [2.45, 2.75) is 39.3 Å². The number of anilines is 1. The Hall–Kier alpha value is -1.62. The molecule has 2 unspecified atom stereocenters. The molecule has 0 spiro atoms.